The van der Waals surface area contributed by atoms with Crippen molar-refractivity contribution in [3.8, 4) is 11.5 Å². The van der Waals surface area contributed by atoms with Gasteiger partial charge in [-0.3, -0.25) is 4.79 Å². The average Bonchev–Trinajstić information content (AvgIpc) is 2.82. The van der Waals surface area contributed by atoms with Gasteiger partial charge >= 0.3 is 0 Å². The van der Waals surface area contributed by atoms with Crippen LogP contribution in [-0.2, 0) is 4.79 Å². The van der Waals surface area contributed by atoms with Crippen LogP contribution in [0.25, 0.3) is 11.6 Å². The van der Waals surface area contributed by atoms with Gasteiger partial charge in [0, 0.05) is 37.2 Å². The molecule has 0 aliphatic carbocycles. The van der Waals surface area contributed by atoms with Crippen LogP contribution in [0.15, 0.2) is 65.8 Å². The number of nitrogens with zero attached hydrogens (tertiary/aromatic N) is 1. The van der Waals surface area contributed by atoms with E-state index in [-0.39, 0.29) is 5.91 Å². The third kappa shape index (κ3) is 7.63. The molecule has 0 aliphatic rings. The molecule has 0 aromatic heterocycles. The minimum Gasteiger partial charge on any atom is -0.493 e. The molecule has 182 valence electrons. The molecular weight excluding hydrogens is 446 g/mol. The number of amides is 1. The smallest absolute Gasteiger partial charge is 0.257 e. The van der Waals surface area contributed by atoms with Gasteiger partial charge in [0.1, 0.15) is 0 Å². The number of benzene rings is 2. The Bertz CT molecular complexity index is 1040. The topological polar surface area (TPSA) is 76.8 Å². The summed E-state index contributed by atoms with van der Waals surface area (Å²) >= 11 is 1.50. The van der Waals surface area contributed by atoms with E-state index < -0.39 is 0 Å². The number of ether oxygens (including phenoxy) is 2. The van der Waals surface area contributed by atoms with E-state index in [0.717, 1.165) is 16.8 Å². The Hall–Kier alpha value is -3.32. The van der Waals surface area contributed by atoms with Crippen LogP contribution >= 0.6 is 11.8 Å². The van der Waals surface area contributed by atoms with Crippen LogP contribution < -0.4 is 25.4 Å². The van der Waals surface area contributed by atoms with Gasteiger partial charge in [0.2, 0.25) is 0 Å². The molecule has 0 atom stereocenters. The lowest BCUT2D eigenvalue weighted by atomic mass is 10.0. The first-order valence-electron chi connectivity index (χ1n) is 11.0. The molecule has 0 heterocycles. The highest BCUT2D eigenvalue weighted by molar-refractivity contribution is 8.01. The molecule has 0 saturated carbocycles. The summed E-state index contributed by atoms with van der Waals surface area (Å²) in [6, 6.07) is 13.4. The number of nitrogens with two attached hydrogens (primary N) is 1. The number of anilines is 1. The van der Waals surface area contributed by atoms with Crippen LogP contribution in [0.3, 0.4) is 0 Å². The van der Waals surface area contributed by atoms with Gasteiger partial charge in [0.15, 0.2) is 11.5 Å². The summed E-state index contributed by atoms with van der Waals surface area (Å²) in [4.78, 5) is 15.0. The number of methoxy groups -OCH3 is 1. The molecule has 3 N–H and O–H groups in total. The van der Waals surface area contributed by atoms with E-state index in [1.807, 2.05) is 73.8 Å². The van der Waals surface area contributed by atoms with Gasteiger partial charge < -0.3 is 25.4 Å². The van der Waals surface area contributed by atoms with Crippen molar-refractivity contribution in [2.75, 3.05) is 39.0 Å². The van der Waals surface area contributed by atoms with Crippen molar-refractivity contribution in [2.24, 2.45) is 11.7 Å². The third-order valence-electron chi connectivity index (χ3n) is 4.84. The number of hydrogen-bond donors (Lipinski definition) is 2. The van der Waals surface area contributed by atoms with Crippen molar-refractivity contribution < 1.29 is 14.3 Å². The minimum absolute atomic E-state index is 0.285. The molecule has 2 rings (SSSR count). The van der Waals surface area contributed by atoms with Gasteiger partial charge in [0.25, 0.3) is 5.91 Å². The molecule has 0 bridgehead atoms. The molecule has 34 heavy (non-hydrogen) atoms. The monoisotopic (exact) mass is 481 g/mol. The molecular formula is C27H35N3O3S. The quantitative estimate of drug-likeness (QED) is 0.342. The fraction of sp³-hybridized carbons (Fsp3) is 0.296. The van der Waals surface area contributed by atoms with Crippen LogP contribution in [0.1, 0.15) is 25.0 Å². The Labute approximate surface area is 207 Å². The summed E-state index contributed by atoms with van der Waals surface area (Å²) in [5.41, 5.74) is 9.76. The molecule has 0 spiro atoms. The van der Waals surface area contributed by atoms with Gasteiger partial charge in [-0.1, -0.05) is 38.1 Å². The first-order valence-corrected chi connectivity index (χ1v) is 12.3. The number of allylic oxidation sites excluding steroid dienone is 1. The van der Waals surface area contributed by atoms with E-state index in [1.54, 1.807) is 24.8 Å². The highest BCUT2D eigenvalue weighted by atomic mass is 32.2. The number of carbonyl (C=O) groups is 1. The lowest BCUT2D eigenvalue weighted by Gasteiger charge is -2.15. The van der Waals surface area contributed by atoms with Crippen molar-refractivity contribution in [2.45, 2.75) is 13.8 Å². The number of nitrogens with one attached hydrogen (secondary N) is 1. The summed E-state index contributed by atoms with van der Waals surface area (Å²) < 4.78 is 11.5. The molecule has 0 unspecified atom stereocenters. The van der Waals surface area contributed by atoms with Crippen molar-refractivity contribution in [3.05, 3.63) is 77.0 Å². The summed E-state index contributed by atoms with van der Waals surface area (Å²) in [6.07, 6.45) is 7.10. The normalized spacial score (nSPS) is 12.2. The zero-order chi connectivity index (χ0) is 25.1. The fourth-order valence-electron chi connectivity index (χ4n) is 3.10. The number of hydrogen-bond acceptors (Lipinski definition) is 6. The Kier molecular flexibility index (Phi) is 10.6. The predicted octanol–water partition coefficient (Wildman–Crippen LogP) is 5.13. The Morgan fingerprint density at radius 1 is 1.18 bits per heavy atom. The van der Waals surface area contributed by atoms with E-state index in [2.05, 4.69) is 19.2 Å². The van der Waals surface area contributed by atoms with Gasteiger partial charge in [-0.25, -0.2) is 0 Å². The van der Waals surface area contributed by atoms with Gasteiger partial charge in [-0.2, -0.15) is 0 Å². The number of para-hydroxylation sites is 1. The first kappa shape index (κ1) is 26.9. The number of thioether (sulfide) groups is 1. The third-order valence-corrected chi connectivity index (χ3v) is 5.25. The minimum atomic E-state index is -0.285. The van der Waals surface area contributed by atoms with E-state index in [1.165, 1.54) is 11.8 Å². The fourth-order valence-corrected chi connectivity index (χ4v) is 3.30. The zero-order valence-corrected chi connectivity index (χ0v) is 21.6. The molecule has 1 amide bonds. The van der Waals surface area contributed by atoms with Crippen molar-refractivity contribution in [3.63, 3.8) is 0 Å². The second-order valence-corrected chi connectivity index (χ2v) is 8.94. The summed E-state index contributed by atoms with van der Waals surface area (Å²) in [7, 11) is 5.55. The maximum Gasteiger partial charge on any atom is 0.257 e. The lowest BCUT2D eigenvalue weighted by molar-refractivity contribution is -0.114. The van der Waals surface area contributed by atoms with Crippen molar-refractivity contribution in [1.82, 2.24) is 5.32 Å². The van der Waals surface area contributed by atoms with Crippen LogP contribution in [0.5, 0.6) is 11.5 Å². The lowest BCUT2D eigenvalue weighted by Crippen LogP contribution is -2.21. The van der Waals surface area contributed by atoms with Crippen molar-refractivity contribution >= 4 is 35.0 Å². The SMILES string of the molecule is COc1cccc(/C=C/C(N)=C(/C(=O)N/C=C\SC)c2ccc(N(C)C)cc2)c1OCC(C)C. The zero-order valence-electron chi connectivity index (χ0n) is 20.8. The largest absolute Gasteiger partial charge is 0.493 e. The van der Waals surface area contributed by atoms with E-state index in [4.69, 9.17) is 15.2 Å². The summed E-state index contributed by atoms with van der Waals surface area (Å²) in [5.74, 6) is 1.37. The van der Waals surface area contributed by atoms with Crippen LogP contribution in [0, 0.1) is 5.92 Å². The molecule has 7 heteroatoms. The summed E-state index contributed by atoms with van der Waals surface area (Å²) in [5, 5.41) is 4.59. The standard InChI is InChI=1S/C27H35N3O3S/c1-19(2)18-33-26-21(8-7-9-24(26)32-5)12-15-23(28)25(27(31)29-16-17-34-6)20-10-13-22(14-11-20)30(3)4/h7-17,19H,18,28H2,1-6H3,(H,29,31)/b15-12+,17-16-,25-23-. The average molecular weight is 482 g/mol. The molecule has 0 fully saturated rings. The Balaban J connectivity index is 2.49. The maximum atomic E-state index is 13.0. The number of rotatable bonds is 11. The van der Waals surface area contributed by atoms with E-state index in [9.17, 15) is 4.79 Å². The Morgan fingerprint density at radius 3 is 2.47 bits per heavy atom. The van der Waals surface area contributed by atoms with E-state index in [0.29, 0.717) is 35.3 Å². The molecule has 0 aliphatic heterocycles. The molecule has 6 nitrogen and oxygen atoms in total. The summed E-state index contributed by atoms with van der Waals surface area (Å²) in [6.45, 7) is 4.73. The first-order chi connectivity index (χ1) is 16.3. The number of carbonyl (C=O) groups excluding carboxylic acids is 1. The molecule has 0 saturated heterocycles. The van der Waals surface area contributed by atoms with Crippen molar-refractivity contribution in [1.29, 1.82) is 0 Å². The predicted molar refractivity (Wildman–Crippen MR) is 145 cm³/mol. The highest BCUT2D eigenvalue weighted by Crippen LogP contribution is 2.33. The van der Waals surface area contributed by atoms with Gasteiger partial charge in [-0.05, 0) is 53.5 Å². The highest BCUT2D eigenvalue weighted by Gasteiger charge is 2.15. The van der Waals surface area contributed by atoms with Crippen LogP contribution in [-0.4, -0.2) is 40.0 Å². The second kappa shape index (κ2) is 13.4. The van der Waals surface area contributed by atoms with Crippen LogP contribution in [0.2, 0.25) is 0 Å². The maximum absolute atomic E-state index is 13.0. The molecule has 0 radical (unpaired) electrons. The Morgan fingerprint density at radius 2 is 1.88 bits per heavy atom. The van der Waals surface area contributed by atoms with Crippen LogP contribution in [0.4, 0.5) is 5.69 Å². The van der Waals surface area contributed by atoms with Gasteiger partial charge in [-0.15, -0.1) is 11.8 Å². The van der Waals surface area contributed by atoms with Gasteiger partial charge in [0.05, 0.1) is 19.3 Å². The second-order valence-electron chi connectivity index (χ2n) is 8.20. The molecule has 2 aromatic rings. The van der Waals surface area contributed by atoms with E-state index >= 15 is 0 Å². The molecule has 2 aromatic carbocycles.